The summed E-state index contributed by atoms with van der Waals surface area (Å²) in [6.07, 6.45) is 0. The number of methoxy groups -OCH3 is 1. The molecule has 0 saturated heterocycles. The molecule has 98 valence electrons. The topological polar surface area (TPSA) is 75.6 Å². The average molecular weight is 316 g/mol. The molecule has 0 saturated carbocycles. The van der Waals surface area contributed by atoms with E-state index in [1.165, 1.54) is 7.11 Å². The van der Waals surface area contributed by atoms with Crippen molar-refractivity contribution in [1.82, 2.24) is 5.32 Å². The molecular weight excluding hydrogens is 302 g/mol. The third-order valence-corrected chi connectivity index (χ3v) is 2.76. The van der Waals surface area contributed by atoms with Crippen molar-refractivity contribution in [3.63, 3.8) is 0 Å². The van der Waals surface area contributed by atoms with Crippen LogP contribution in [0.3, 0.4) is 0 Å². The number of carbonyl (C=O) groups is 2. The summed E-state index contributed by atoms with van der Waals surface area (Å²) in [5.74, 6) is -1.11. The number of carbonyl (C=O) groups excluding carboxylic acids is 1. The van der Waals surface area contributed by atoms with Crippen molar-refractivity contribution >= 4 is 27.8 Å². The summed E-state index contributed by atoms with van der Waals surface area (Å²) in [6.45, 7) is 1.62. The Bertz CT molecular complexity index is 447. The van der Waals surface area contributed by atoms with Crippen molar-refractivity contribution in [2.45, 2.75) is 17.8 Å². The highest BCUT2D eigenvalue weighted by atomic mass is 79.9. The van der Waals surface area contributed by atoms with Gasteiger partial charge in [-0.2, -0.15) is 0 Å². The van der Waals surface area contributed by atoms with Crippen LogP contribution in [-0.2, 0) is 9.59 Å². The largest absolute Gasteiger partial charge is 0.496 e. The van der Waals surface area contributed by atoms with Crippen molar-refractivity contribution < 1.29 is 19.4 Å². The summed E-state index contributed by atoms with van der Waals surface area (Å²) < 4.78 is 5.09. The van der Waals surface area contributed by atoms with Gasteiger partial charge in [-0.1, -0.05) is 34.1 Å². The number of hydrogen-bond donors (Lipinski definition) is 2. The molecule has 0 bridgehead atoms. The summed E-state index contributed by atoms with van der Waals surface area (Å²) in [6, 6.07) is 5.55. The molecule has 0 radical (unpaired) electrons. The van der Waals surface area contributed by atoms with Crippen LogP contribution in [-0.4, -0.2) is 28.9 Å². The minimum Gasteiger partial charge on any atom is -0.496 e. The molecule has 2 unspecified atom stereocenters. The molecule has 0 aliphatic heterocycles. The number of para-hydroxylation sites is 1. The van der Waals surface area contributed by atoms with E-state index < -0.39 is 22.7 Å². The molecule has 0 aliphatic rings. The van der Waals surface area contributed by atoms with Gasteiger partial charge < -0.3 is 15.2 Å². The van der Waals surface area contributed by atoms with Gasteiger partial charge in [0.2, 0.25) is 5.91 Å². The fourth-order valence-corrected chi connectivity index (χ4v) is 1.57. The first-order valence-electron chi connectivity index (χ1n) is 5.27. The van der Waals surface area contributed by atoms with Crippen LogP contribution in [0.2, 0.25) is 0 Å². The number of aliphatic carboxylic acids is 1. The lowest BCUT2D eigenvalue weighted by atomic mass is 10.1. The molecule has 6 heteroatoms. The van der Waals surface area contributed by atoms with E-state index in [-0.39, 0.29) is 0 Å². The van der Waals surface area contributed by atoms with E-state index in [9.17, 15) is 14.7 Å². The molecular formula is C12H14BrNO4. The van der Waals surface area contributed by atoms with E-state index in [2.05, 4.69) is 21.2 Å². The normalized spacial score (nSPS) is 13.5. The quantitative estimate of drug-likeness (QED) is 0.811. The number of amides is 1. The minimum absolute atomic E-state index is 0.395. The van der Waals surface area contributed by atoms with Crippen LogP contribution in [0.5, 0.6) is 5.75 Å². The second-order valence-corrected chi connectivity index (χ2v) is 5.01. The first-order chi connectivity index (χ1) is 8.47. The van der Waals surface area contributed by atoms with Crippen LogP contribution >= 0.6 is 15.9 Å². The Morgan fingerprint density at radius 3 is 2.50 bits per heavy atom. The van der Waals surface area contributed by atoms with E-state index in [4.69, 9.17) is 4.74 Å². The monoisotopic (exact) mass is 315 g/mol. The van der Waals surface area contributed by atoms with Crippen LogP contribution in [0.25, 0.3) is 0 Å². The van der Waals surface area contributed by atoms with E-state index in [1.807, 2.05) is 0 Å². The number of carboxylic acids is 1. The number of carboxylic acid groups (broad SMARTS) is 1. The van der Waals surface area contributed by atoms with Crippen LogP contribution in [0.1, 0.15) is 18.5 Å². The Labute approximate surface area is 113 Å². The van der Waals surface area contributed by atoms with Gasteiger partial charge in [-0.05, 0) is 13.0 Å². The fourth-order valence-electron chi connectivity index (χ4n) is 1.43. The number of hydrogen-bond acceptors (Lipinski definition) is 3. The standard InChI is InChI=1S/C12H14BrNO4/c1-7(13)11(15)14-10(12(16)17)8-5-3-4-6-9(8)18-2/h3-7,10H,1-2H3,(H,14,15)(H,16,17). The Kier molecular flexibility index (Phi) is 5.15. The van der Waals surface area contributed by atoms with Crippen molar-refractivity contribution in [2.24, 2.45) is 0 Å². The summed E-state index contributed by atoms with van der Waals surface area (Å²) >= 11 is 3.09. The summed E-state index contributed by atoms with van der Waals surface area (Å²) in [5, 5.41) is 11.6. The van der Waals surface area contributed by atoms with E-state index in [0.29, 0.717) is 11.3 Å². The van der Waals surface area contributed by atoms with E-state index >= 15 is 0 Å². The highest BCUT2D eigenvalue weighted by molar-refractivity contribution is 9.10. The van der Waals surface area contributed by atoms with E-state index in [1.54, 1.807) is 31.2 Å². The smallest absolute Gasteiger partial charge is 0.331 e. The highest BCUT2D eigenvalue weighted by Gasteiger charge is 2.26. The highest BCUT2D eigenvalue weighted by Crippen LogP contribution is 2.25. The molecule has 0 fully saturated rings. The molecule has 0 heterocycles. The Morgan fingerprint density at radius 1 is 1.39 bits per heavy atom. The third-order valence-electron chi connectivity index (χ3n) is 2.34. The first kappa shape index (κ1) is 14.5. The van der Waals surface area contributed by atoms with Gasteiger partial charge in [-0.3, -0.25) is 4.79 Å². The first-order valence-corrected chi connectivity index (χ1v) is 6.19. The Hall–Kier alpha value is -1.56. The number of rotatable bonds is 5. The lowest BCUT2D eigenvalue weighted by Crippen LogP contribution is -2.37. The lowest BCUT2D eigenvalue weighted by molar-refractivity contribution is -0.141. The van der Waals surface area contributed by atoms with Crippen LogP contribution in [0.15, 0.2) is 24.3 Å². The van der Waals surface area contributed by atoms with Crippen molar-refractivity contribution in [2.75, 3.05) is 7.11 Å². The molecule has 0 spiro atoms. The maximum absolute atomic E-state index is 11.6. The maximum Gasteiger partial charge on any atom is 0.331 e. The average Bonchev–Trinajstić information content (AvgIpc) is 2.35. The van der Waals surface area contributed by atoms with E-state index in [0.717, 1.165) is 0 Å². The van der Waals surface area contributed by atoms with Gasteiger partial charge in [0.1, 0.15) is 5.75 Å². The van der Waals surface area contributed by atoms with Crippen LogP contribution < -0.4 is 10.1 Å². The van der Waals surface area contributed by atoms with Crippen LogP contribution in [0.4, 0.5) is 0 Å². The van der Waals surface area contributed by atoms with Gasteiger partial charge >= 0.3 is 5.97 Å². The summed E-state index contributed by atoms with van der Waals surface area (Å²) in [5.41, 5.74) is 0.411. The van der Waals surface area contributed by atoms with Crippen molar-refractivity contribution in [3.05, 3.63) is 29.8 Å². The number of nitrogens with one attached hydrogen (secondary N) is 1. The predicted molar refractivity (Wildman–Crippen MR) is 69.9 cm³/mol. The molecule has 18 heavy (non-hydrogen) atoms. The number of benzene rings is 1. The molecule has 1 aromatic carbocycles. The van der Waals surface area contributed by atoms with Gasteiger partial charge in [0.15, 0.2) is 6.04 Å². The molecule has 5 nitrogen and oxygen atoms in total. The van der Waals surface area contributed by atoms with Gasteiger partial charge in [0.25, 0.3) is 0 Å². The predicted octanol–water partition coefficient (Wildman–Crippen LogP) is 1.72. The fraction of sp³-hybridized carbons (Fsp3) is 0.333. The molecule has 1 amide bonds. The zero-order chi connectivity index (χ0) is 13.7. The lowest BCUT2D eigenvalue weighted by Gasteiger charge is -2.18. The van der Waals surface area contributed by atoms with Crippen LogP contribution in [0, 0.1) is 0 Å². The second kappa shape index (κ2) is 6.39. The van der Waals surface area contributed by atoms with Gasteiger partial charge in [-0.15, -0.1) is 0 Å². The molecule has 2 atom stereocenters. The minimum atomic E-state index is -1.14. The number of alkyl halides is 1. The zero-order valence-corrected chi connectivity index (χ0v) is 11.6. The van der Waals surface area contributed by atoms with Crippen molar-refractivity contribution in [3.8, 4) is 5.75 Å². The maximum atomic E-state index is 11.6. The van der Waals surface area contributed by atoms with Gasteiger partial charge in [0.05, 0.1) is 11.9 Å². The Balaban J connectivity index is 3.05. The summed E-state index contributed by atoms with van der Waals surface area (Å²) in [4.78, 5) is 22.3. The molecule has 1 aromatic rings. The molecule has 1 rings (SSSR count). The molecule has 2 N–H and O–H groups in total. The number of ether oxygens (including phenoxy) is 1. The zero-order valence-electron chi connectivity index (χ0n) is 10.0. The summed E-state index contributed by atoms with van der Waals surface area (Å²) in [7, 11) is 1.45. The Morgan fingerprint density at radius 2 is 2.00 bits per heavy atom. The molecule has 0 aromatic heterocycles. The van der Waals surface area contributed by atoms with Gasteiger partial charge in [0, 0.05) is 5.56 Å². The molecule has 0 aliphatic carbocycles. The van der Waals surface area contributed by atoms with Crippen molar-refractivity contribution in [1.29, 1.82) is 0 Å². The third kappa shape index (κ3) is 3.46. The van der Waals surface area contributed by atoms with Gasteiger partial charge in [-0.25, -0.2) is 4.79 Å². The number of halogens is 1. The second-order valence-electron chi connectivity index (χ2n) is 3.64. The SMILES string of the molecule is COc1ccccc1C(NC(=O)C(C)Br)C(=O)O.